The molecule has 224 valence electrons. The van der Waals surface area contributed by atoms with E-state index < -0.39 is 0 Å². The summed E-state index contributed by atoms with van der Waals surface area (Å²) in [5.74, 6) is 0. The van der Waals surface area contributed by atoms with Crippen LogP contribution in [0.2, 0.25) is 0 Å². The van der Waals surface area contributed by atoms with Gasteiger partial charge in [-0.05, 0) is 107 Å². The number of hydrogen-bond acceptors (Lipinski definition) is 2. The highest BCUT2D eigenvalue weighted by Crippen LogP contribution is 2.63. The minimum Gasteiger partial charge on any atom is -0.341 e. The van der Waals surface area contributed by atoms with Crippen LogP contribution in [0.4, 0.5) is 22.7 Å². The summed E-state index contributed by atoms with van der Waals surface area (Å²) in [6, 6.07) is 36.8. The molecule has 2 heteroatoms. The smallest absolute Gasteiger partial charge is 0.0414 e. The van der Waals surface area contributed by atoms with Crippen LogP contribution in [0, 0.1) is 0 Å². The zero-order valence-electron chi connectivity index (χ0n) is 27.3. The number of para-hydroxylation sites is 2. The van der Waals surface area contributed by atoms with E-state index in [1.165, 1.54) is 59.6 Å². The lowest BCUT2D eigenvalue weighted by Gasteiger charge is -2.32. The second-order valence-electron chi connectivity index (χ2n) is 14.3. The summed E-state index contributed by atoms with van der Waals surface area (Å²) in [6.07, 6.45) is 7.03. The minimum absolute atomic E-state index is 0.00388. The van der Waals surface area contributed by atoms with Gasteiger partial charge in [0, 0.05) is 41.3 Å². The monoisotopic (exact) mass is 570 g/mol. The van der Waals surface area contributed by atoms with Crippen molar-refractivity contribution in [1.29, 1.82) is 0 Å². The molecule has 0 aliphatic heterocycles. The molecule has 0 aromatic heterocycles. The quantitative estimate of drug-likeness (QED) is 0.187. The first-order chi connectivity index (χ1) is 20.7. The van der Waals surface area contributed by atoms with Crippen LogP contribution < -0.4 is 9.80 Å². The summed E-state index contributed by atoms with van der Waals surface area (Å²) >= 11 is 0. The van der Waals surface area contributed by atoms with Crippen LogP contribution in [0.1, 0.15) is 102 Å². The Kier molecular flexibility index (Phi) is 7.92. The van der Waals surface area contributed by atoms with Gasteiger partial charge >= 0.3 is 0 Å². The van der Waals surface area contributed by atoms with Crippen LogP contribution in [-0.4, -0.2) is 13.1 Å². The fourth-order valence-electron chi connectivity index (χ4n) is 8.32. The Morgan fingerprint density at radius 1 is 0.488 bits per heavy atom. The third kappa shape index (κ3) is 5.28. The third-order valence-corrected chi connectivity index (χ3v) is 10.2. The topological polar surface area (TPSA) is 6.48 Å². The molecule has 0 N–H and O–H groups in total. The van der Waals surface area contributed by atoms with Gasteiger partial charge in [-0.1, -0.05) is 103 Å². The molecule has 0 bridgehead atoms. The molecule has 0 atom stereocenters. The number of fused-ring (bicyclic) bond motifs is 4. The molecule has 2 nitrogen and oxygen atoms in total. The molecule has 2 aliphatic rings. The van der Waals surface area contributed by atoms with E-state index in [-0.39, 0.29) is 16.2 Å². The van der Waals surface area contributed by atoms with E-state index in [2.05, 4.69) is 148 Å². The Bertz CT molecular complexity index is 1430. The molecular formula is C41H50N2. The lowest BCUT2D eigenvalue weighted by atomic mass is 9.72. The van der Waals surface area contributed by atoms with Gasteiger partial charge in [-0.3, -0.25) is 0 Å². The van der Waals surface area contributed by atoms with E-state index >= 15 is 0 Å². The molecule has 0 fully saturated rings. The molecule has 6 rings (SSSR count). The fraction of sp³-hybridized carbons (Fsp3) is 0.415. The summed E-state index contributed by atoms with van der Waals surface area (Å²) in [5.41, 5.74) is 11.6. The van der Waals surface area contributed by atoms with Crippen molar-refractivity contribution in [2.75, 3.05) is 22.9 Å². The molecule has 4 aromatic carbocycles. The number of nitrogens with zero attached hydrogens (tertiary/aromatic N) is 2. The summed E-state index contributed by atoms with van der Waals surface area (Å²) in [5, 5.41) is 0. The van der Waals surface area contributed by atoms with Gasteiger partial charge in [-0.25, -0.2) is 0 Å². The number of benzene rings is 4. The van der Waals surface area contributed by atoms with Crippen LogP contribution in [0.3, 0.4) is 0 Å². The SMILES string of the molecule is CCCCN(c1ccccc1)c1ccc2c(c1)C1(CC2(C)C)CC(C)(C)c2ccc(N(CCCC)c3ccccc3)cc21. The Labute approximate surface area is 260 Å². The first-order valence-electron chi connectivity index (χ1n) is 16.7. The van der Waals surface area contributed by atoms with Gasteiger partial charge in [-0.2, -0.15) is 0 Å². The lowest BCUT2D eigenvalue weighted by Crippen LogP contribution is -2.27. The van der Waals surface area contributed by atoms with Crippen molar-refractivity contribution in [2.24, 2.45) is 0 Å². The maximum Gasteiger partial charge on any atom is 0.0414 e. The largest absolute Gasteiger partial charge is 0.341 e. The molecule has 4 aromatic rings. The lowest BCUT2D eigenvalue weighted by molar-refractivity contribution is 0.349. The van der Waals surface area contributed by atoms with Crippen molar-refractivity contribution in [3.63, 3.8) is 0 Å². The second kappa shape index (κ2) is 11.5. The standard InChI is InChI=1S/C41H50N2/c1-7-9-25-42(31-17-13-11-14-18-31)33-21-23-35-37(27-33)41(29-39(35,3)4)30-40(5,6)36-24-22-34(28-38(36)41)43(26-10-8-2)32-19-15-12-16-20-32/h11-24,27-28H,7-10,25-26,29-30H2,1-6H3. The number of hydrogen-bond donors (Lipinski definition) is 0. The highest BCUT2D eigenvalue weighted by molar-refractivity contribution is 5.72. The van der Waals surface area contributed by atoms with Crippen LogP contribution >= 0.6 is 0 Å². The maximum absolute atomic E-state index is 2.58. The van der Waals surface area contributed by atoms with Gasteiger partial charge in [0.25, 0.3) is 0 Å². The van der Waals surface area contributed by atoms with Gasteiger partial charge in [0.15, 0.2) is 0 Å². The molecule has 0 unspecified atom stereocenters. The van der Waals surface area contributed by atoms with E-state index in [4.69, 9.17) is 0 Å². The highest BCUT2D eigenvalue weighted by atomic mass is 15.1. The molecular weight excluding hydrogens is 520 g/mol. The maximum atomic E-state index is 2.58. The van der Waals surface area contributed by atoms with Gasteiger partial charge in [0.1, 0.15) is 0 Å². The number of anilines is 4. The van der Waals surface area contributed by atoms with Crippen molar-refractivity contribution in [3.05, 3.63) is 119 Å². The predicted molar refractivity (Wildman–Crippen MR) is 186 cm³/mol. The molecule has 0 radical (unpaired) electrons. The summed E-state index contributed by atoms with van der Waals surface area (Å²) in [6.45, 7) is 16.5. The molecule has 43 heavy (non-hydrogen) atoms. The van der Waals surface area contributed by atoms with Crippen LogP contribution in [-0.2, 0) is 16.2 Å². The summed E-state index contributed by atoms with van der Waals surface area (Å²) < 4.78 is 0. The Balaban J connectivity index is 1.51. The summed E-state index contributed by atoms with van der Waals surface area (Å²) in [4.78, 5) is 5.09. The van der Waals surface area contributed by atoms with E-state index in [1.807, 2.05) is 0 Å². The van der Waals surface area contributed by atoms with Crippen molar-refractivity contribution >= 4 is 22.7 Å². The second-order valence-corrected chi connectivity index (χ2v) is 14.3. The van der Waals surface area contributed by atoms with E-state index in [0.717, 1.165) is 25.9 Å². The van der Waals surface area contributed by atoms with Gasteiger partial charge in [-0.15, -0.1) is 0 Å². The zero-order chi connectivity index (χ0) is 30.2. The average Bonchev–Trinajstić information content (AvgIpc) is 3.38. The normalized spacial score (nSPS) is 17.1. The highest BCUT2D eigenvalue weighted by Gasteiger charge is 2.56. The molecule has 0 amide bonds. The van der Waals surface area contributed by atoms with E-state index in [1.54, 1.807) is 11.1 Å². The average molecular weight is 571 g/mol. The van der Waals surface area contributed by atoms with Crippen molar-refractivity contribution in [1.82, 2.24) is 0 Å². The minimum atomic E-state index is 0.00388. The van der Waals surface area contributed by atoms with Crippen molar-refractivity contribution in [2.45, 2.75) is 96.3 Å². The predicted octanol–water partition coefficient (Wildman–Crippen LogP) is 11.2. The Hall–Kier alpha value is -3.52. The molecule has 1 spiro atoms. The fourth-order valence-corrected chi connectivity index (χ4v) is 8.32. The Morgan fingerprint density at radius 2 is 0.884 bits per heavy atom. The number of rotatable bonds is 10. The zero-order valence-corrected chi connectivity index (χ0v) is 27.3. The van der Waals surface area contributed by atoms with Crippen LogP contribution in [0.5, 0.6) is 0 Å². The van der Waals surface area contributed by atoms with Crippen LogP contribution in [0.25, 0.3) is 0 Å². The van der Waals surface area contributed by atoms with Crippen molar-refractivity contribution in [3.8, 4) is 0 Å². The van der Waals surface area contributed by atoms with Gasteiger partial charge in [0.05, 0.1) is 0 Å². The first-order valence-corrected chi connectivity index (χ1v) is 16.7. The number of unbranched alkanes of at least 4 members (excludes halogenated alkanes) is 2. The van der Waals surface area contributed by atoms with E-state index in [0.29, 0.717) is 0 Å². The van der Waals surface area contributed by atoms with Crippen molar-refractivity contribution < 1.29 is 0 Å². The van der Waals surface area contributed by atoms with Crippen LogP contribution in [0.15, 0.2) is 97.1 Å². The molecule has 0 saturated carbocycles. The molecule has 0 saturated heterocycles. The van der Waals surface area contributed by atoms with Gasteiger partial charge < -0.3 is 9.80 Å². The van der Waals surface area contributed by atoms with E-state index in [9.17, 15) is 0 Å². The van der Waals surface area contributed by atoms with Gasteiger partial charge in [0.2, 0.25) is 0 Å². The third-order valence-electron chi connectivity index (χ3n) is 10.2. The molecule has 2 aliphatic carbocycles. The Morgan fingerprint density at radius 3 is 1.26 bits per heavy atom. The molecule has 0 heterocycles. The first kappa shape index (κ1) is 29.5. The summed E-state index contributed by atoms with van der Waals surface area (Å²) in [7, 11) is 0.